The van der Waals surface area contributed by atoms with Crippen LogP contribution in [0.4, 0.5) is 0 Å². The Morgan fingerprint density at radius 3 is 2.95 bits per heavy atom. The summed E-state index contributed by atoms with van der Waals surface area (Å²) in [7, 11) is 1.63. The van der Waals surface area contributed by atoms with Crippen LogP contribution in [-0.4, -0.2) is 31.1 Å². The van der Waals surface area contributed by atoms with Crippen LogP contribution in [0.3, 0.4) is 0 Å². The number of benzene rings is 2. The second-order valence-electron chi connectivity index (χ2n) is 5.30. The van der Waals surface area contributed by atoms with Crippen molar-refractivity contribution in [1.82, 2.24) is 4.90 Å². The Morgan fingerprint density at radius 1 is 1.23 bits per heavy atom. The minimum atomic E-state index is 0.105. The molecule has 0 spiro atoms. The zero-order valence-corrected chi connectivity index (χ0v) is 12.6. The number of hydrogen-bond donors (Lipinski definition) is 0. The largest absolute Gasteiger partial charge is 0.497 e. The summed E-state index contributed by atoms with van der Waals surface area (Å²) < 4.78 is 10.9. The molecule has 1 heterocycles. The van der Waals surface area contributed by atoms with Gasteiger partial charge in [-0.3, -0.25) is 4.79 Å². The molecule has 1 aliphatic heterocycles. The fraction of sp³-hybridized carbons (Fsp3) is 0.278. The first-order chi connectivity index (χ1) is 10.8. The maximum atomic E-state index is 12.6. The fourth-order valence-corrected chi connectivity index (χ4v) is 2.61. The summed E-state index contributed by atoms with van der Waals surface area (Å²) in [6.07, 6.45) is 0.374. The molecule has 1 amide bonds. The van der Waals surface area contributed by atoms with Gasteiger partial charge in [-0.25, -0.2) is 0 Å². The first-order valence-corrected chi connectivity index (χ1v) is 7.37. The Bertz CT molecular complexity index is 669. The molecule has 1 aliphatic rings. The van der Waals surface area contributed by atoms with Crippen LogP contribution in [-0.2, 0) is 17.8 Å². The number of hydrogen-bond acceptors (Lipinski definition) is 3. The summed E-state index contributed by atoms with van der Waals surface area (Å²) in [5.74, 6) is 1.75. The monoisotopic (exact) mass is 297 g/mol. The summed E-state index contributed by atoms with van der Waals surface area (Å²) in [6.45, 7) is 1.73. The SMILES string of the molecule is COc1cccc(CC(=O)N2CCOc3ccccc3C2)c1. The van der Waals surface area contributed by atoms with Gasteiger partial charge >= 0.3 is 0 Å². The van der Waals surface area contributed by atoms with Gasteiger partial charge in [-0.1, -0.05) is 30.3 Å². The molecular formula is C18H19NO3. The van der Waals surface area contributed by atoms with Crippen molar-refractivity contribution in [2.24, 2.45) is 0 Å². The molecule has 0 unspecified atom stereocenters. The standard InChI is InChI=1S/C18H19NO3/c1-21-16-7-4-5-14(11-16)12-18(20)19-9-10-22-17-8-3-2-6-15(17)13-19/h2-8,11H,9-10,12-13H2,1H3. The molecule has 0 atom stereocenters. The number of fused-ring (bicyclic) bond motifs is 1. The van der Waals surface area contributed by atoms with Gasteiger partial charge in [0.15, 0.2) is 0 Å². The van der Waals surface area contributed by atoms with Crippen molar-refractivity contribution in [2.75, 3.05) is 20.3 Å². The highest BCUT2D eigenvalue weighted by molar-refractivity contribution is 5.79. The Kier molecular flexibility index (Phi) is 4.28. The predicted molar refractivity (Wildman–Crippen MR) is 84.1 cm³/mol. The van der Waals surface area contributed by atoms with Crippen molar-refractivity contribution in [1.29, 1.82) is 0 Å². The fourth-order valence-electron chi connectivity index (χ4n) is 2.61. The van der Waals surface area contributed by atoms with Gasteiger partial charge in [0.25, 0.3) is 0 Å². The molecule has 0 bridgehead atoms. The molecule has 0 fully saturated rings. The molecule has 0 radical (unpaired) electrons. The molecule has 0 N–H and O–H groups in total. The summed E-state index contributed by atoms with van der Waals surface area (Å²) in [5, 5.41) is 0. The average molecular weight is 297 g/mol. The Labute approximate surface area is 130 Å². The Morgan fingerprint density at radius 2 is 2.09 bits per heavy atom. The first kappa shape index (κ1) is 14.4. The number of methoxy groups -OCH3 is 1. The lowest BCUT2D eigenvalue weighted by atomic mass is 10.1. The van der Waals surface area contributed by atoms with Crippen molar-refractivity contribution < 1.29 is 14.3 Å². The molecule has 22 heavy (non-hydrogen) atoms. The molecule has 0 saturated heterocycles. The third-order valence-electron chi connectivity index (χ3n) is 3.79. The highest BCUT2D eigenvalue weighted by Crippen LogP contribution is 2.23. The van der Waals surface area contributed by atoms with Crippen LogP contribution in [0.5, 0.6) is 11.5 Å². The van der Waals surface area contributed by atoms with E-state index in [9.17, 15) is 4.79 Å². The lowest BCUT2D eigenvalue weighted by Crippen LogP contribution is -2.33. The predicted octanol–water partition coefficient (Wildman–Crippen LogP) is 2.66. The molecule has 2 aromatic carbocycles. The maximum Gasteiger partial charge on any atom is 0.227 e. The van der Waals surface area contributed by atoms with Crippen molar-refractivity contribution in [3.8, 4) is 11.5 Å². The number of rotatable bonds is 3. The summed E-state index contributed by atoms with van der Waals surface area (Å²) >= 11 is 0. The van der Waals surface area contributed by atoms with Gasteiger partial charge in [-0.2, -0.15) is 0 Å². The highest BCUT2D eigenvalue weighted by atomic mass is 16.5. The van der Waals surface area contributed by atoms with Crippen molar-refractivity contribution >= 4 is 5.91 Å². The zero-order chi connectivity index (χ0) is 15.4. The Hall–Kier alpha value is -2.49. The van der Waals surface area contributed by atoms with Crippen molar-refractivity contribution in [3.05, 3.63) is 59.7 Å². The zero-order valence-electron chi connectivity index (χ0n) is 12.6. The van der Waals surface area contributed by atoms with Crippen LogP contribution in [0.2, 0.25) is 0 Å². The minimum Gasteiger partial charge on any atom is -0.497 e. The van der Waals surface area contributed by atoms with E-state index < -0.39 is 0 Å². The molecule has 4 nitrogen and oxygen atoms in total. The molecule has 3 rings (SSSR count). The van der Waals surface area contributed by atoms with Crippen LogP contribution >= 0.6 is 0 Å². The summed E-state index contributed by atoms with van der Waals surface area (Å²) in [4.78, 5) is 14.4. The van der Waals surface area contributed by atoms with E-state index >= 15 is 0 Å². The third kappa shape index (κ3) is 3.22. The van der Waals surface area contributed by atoms with Gasteiger partial charge in [0.1, 0.15) is 18.1 Å². The molecule has 0 aliphatic carbocycles. The second kappa shape index (κ2) is 6.52. The van der Waals surface area contributed by atoms with Gasteiger partial charge in [0.2, 0.25) is 5.91 Å². The van der Waals surface area contributed by atoms with E-state index in [1.807, 2.05) is 53.4 Å². The summed E-state index contributed by atoms with van der Waals surface area (Å²) in [5.41, 5.74) is 2.02. The van der Waals surface area contributed by atoms with E-state index in [0.717, 1.165) is 22.6 Å². The quantitative estimate of drug-likeness (QED) is 0.874. The lowest BCUT2D eigenvalue weighted by molar-refractivity contribution is -0.131. The lowest BCUT2D eigenvalue weighted by Gasteiger charge is -2.20. The van der Waals surface area contributed by atoms with Crippen molar-refractivity contribution in [3.63, 3.8) is 0 Å². The van der Waals surface area contributed by atoms with E-state index in [1.165, 1.54) is 0 Å². The smallest absolute Gasteiger partial charge is 0.227 e. The molecule has 2 aromatic rings. The van der Waals surface area contributed by atoms with E-state index in [1.54, 1.807) is 7.11 Å². The van der Waals surface area contributed by atoms with Gasteiger partial charge in [-0.15, -0.1) is 0 Å². The van der Waals surface area contributed by atoms with E-state index in [-0.39, 0.29) is 5.91 Å². The number of para-hydroxylation sites is 1. The second-order valence-corrected chi connectivity index (χ2v) is 5.30. The van der Waals surface area contributed by atoms with Gasteiger partial charge in [0, 0.05) is 12.1 Å². The Balaban J connectivity index is 1.72. The van der Waals surface area contributed by atoms with E-state index in [0.29, 0.717) is 26.1 Å². The van der Waals surface area contributed by atoms with E-state index in [2.05, 4.69) is 0 Å². The molecule has 0 saturated carbocycles. The topological polar surface area (TPSA) is 38.8 Å². The number of ether oxygens (including phenoxy) is 2. The van der Waals surface area contributed by atoms with Crippen LogP contribution in [0.25, 0.3) is 0 Å². The number of amides is 1. The normalized spacial score (nSPS) is 13.8. The van der Waals surface area contributed by atoms with Gasteiger partial charge in [-0.05, 0) is 23.8 Å². The molecule has 114 valence electrons. The molecular weight excluding hydrogens is 278 g/mol. The van der Waals surface area contributed by atoms with Crippen molar-refractivity contribution in [2.45, 2.75) is 13.0 Å². The van der Waals surface area contributed by atoms with Crippen LogP contribution in [0.1, 0.15) is 11.1 Å². The highest BCUT2D eigenvalue weighted by Gasteiger charge is 2.19. The molecule has 4 heteroatoms. The van der Waals surface area contributed by atoms with Crippen LogP contribution in [0, 0.1) is 0 Å². The third-order valence-corrected chi connectivity index (χ3v) is 3.79. The number of carbonyl (C=O) groups is 1. The maximum absolute atomic E-state index is 12.6. The van der Waals surface area contributed by atoms with Crippen LogP contribution < -0.4 is 9.47 Å². The summed E-state index contributed by atoms with van der Waals surface area (Å²) in [6, 6.07) is 15.5. The average Bonchev–Trinajstić information content (AvgIpc) is 2.77. The molecule has 0 aromatic heterocycles. The van der Waals surface area contributed by atoms with E-state index in [4.69, 9.17) is 9.47 Å². The number of carbonyl (C=O) groups excluding carboxylic acids is 1. The van der Waals surface area contributed by atoms with Gasteiger partial charge < -0.3 is 14.4 Å². The van der Waals surface area contributed by atoms with Gasteiger partial charge in [0.05, 0.1) is 20.1 Å². The first-order valence-electron chi connectivity index (χ1n) is 7.37. The number of nitrogens with zero attached hydrogens (tertiary/aromatic N) is 1. The van der Waals surface area contributed by atoms with Crippen LogP contribution in [0.15, 0.2) is 48.5 Å². The minimum absolute atomic E-state index is 0.105.